The lowest BCUT2D eigenvalue weighted by atomic mass is 9.87. The Kier molecular flexibility index (Phi) is 8.29. The van der Waals surface area contributed by atoms with Gasteiger partial charge in [0, 0.05) is 23.7 Å². The molecule has 3 aromatic rings. The molecule has 0 aliphatic carbocycles. The zero-order valence-electron chi connectivity index (χ0n) is 22.0. The van der Waals surface area contributed by atoms with Gasteiger partial charge in [-0.25, -0.2) is 14.4 Å². The molecule has 6 nitrogen and oxygen atoms in total. The van der Waals surface area contributed by atoms with Crippen LogP contribution >= 0.6 is 23.4 Å². The van der Waals surface area contributed by atoms with Crippen molar-refractivity contribution >= 4 is 45.4 Å². The second-order valence-corrected chi connectivity index (χ2v) is 10.2. The van der Waals surface area contributed by atoms with E-state index in [2.05, 4.69) is 4.99 Å². The van der Waals surface area contributed by atoms with E-state index in [1.807, 2.05) is 50.8 Å². The molecule has 1 aliphatic rings. The van der Waals surface area contributed by atoms with Crippen molar-refractivity contribution in [1.29, 1.82) is 0 Å². The normalized spacial score (nSPS) is 14.1. The summed E-state index contributed by atoms with van der Waals surface area (Å²) in [4.78, 5) is 21.9. The second-order valence-electron chi connectivity index (χ2n) is 8.98. The zero-order chi connectivity index (χ0) is 26.9. The summed E-state index contributed by atoms with van der Waals surface area (Å²) < 4.78 is 28.0. The van der Waals surface area contributed by atoms with Crippen molar-refractivity contribution in [1.82, 2.24) is 9.55 Å². The maximum Gasteiger partial charge on any atom is 0.310 e. The van der Waals surface area contributed by atoms with Gasteiger partial charge in [0.05, 0.1) is 25.8 Å². The van der Waals surface area contributed by atoms with E-state index in [9.17, 15) is 4.79 Å². The molecule has 0 amide bonds. The zero-order valence-corrected chi connectivity index (χ0v) is 23.6. The largest absolute Gasteiger partial charge is 0.490 e. The topological polar surface area (TPSA) is 65.7 Å². The summed E-state index contributed by atoms with van der Waals surface area (Å²) in [6, 6.07) is 3.52. The second kappa shape index (κ2) is 11.3. The summed E-state index contributed by atoms with van der Waals surface area (Å²) in [6.45, 7) is 6.36. The summed E-state index contributed by atoms with van der Waals surface area (Å²) in [5.74, 6) is -0.461. The van der Waals surface area contributed by atoms with Crippen LogP contribution in [0.15, 0.2) is 28.4 Å². The van der Waals surface area contributed by atoms with Crippen LogP contribution in [0, 0.1) is 19.7 Å². The molecule has 2 aromatic heterocycles. The summed E-state index contributed by atoms with van der Waals surface area (Å²) >= 11 is 7.82. The van der Waals surface area contributed by atoms with Crippen molar-refractivity contribution in [2.24, 2.45) is 12.0 Å². The minimum Gasteiger partial charge on any atom is -0.490 e. The number of halogens is 2. The fourth-order valence-corrected chi connectivity index (χ4v) is 5.75. The monoisotopic (exact) mass is 543 g/mol. The third-order valence-corrected chi connectivity index (χ3v) is 7.66. The van der Waals surface area contributed by atoms with Crippen LogP contribution in [0.1, 0.15) is 47.8 Å². The predicted octanol–water partition coefficient (Wildman–Crippen LogP) is 6.64. The first-order chi connectivity index (χ1) is 17.7. The molecule has 0 radical (unpaired) electrons. The summed E-state index contributed by atoms with van der Waals surface area (Å²) in [6.07, 6.45) is 6.15. The van der Waals surface area contributed by atoms with Crippen LogP contribution in [0.25, 0.3) is 22.2 Å². The quantitative estimate of drug-likeness (QED) is 0.151. The number of aromatic nitrogens is 2. The first kappa shape index (κ1) is 27.2. The molecule has 37 heavy (non-hydrogen) atoms. The van der Waals surface area contributed by atoms with E-state index in [1.165, 1.54) is 24.9 Å². The number of hydrogen-bond donors (Lipinski definition) is 0. The molecule has 4 rings (SSSR count). The number of carbonyl (C=O) groups excluding carboxylic acids is 1. The third kappa shape index (κ3) is 5.14. The van der Waals surface area contributed by atoms with Gasteiger partial charge in [-0.3, -0.25) is 4.79 Å². The highest BCUT2D eigenvalue weighted by molar-refractivity contribution is 8.13. The van der Waals surface area contributed by atoms with E-state index in [-0.39, 0.29) is 12.4 Å². The number of allylic oxidation sites excluding steroid dienone is 1. The van der Waals surface area contributed by atoms with E-state index in [1.54, 1.807) is 0 Å². The molecule has 0 atom stereocenters. The van der Waals surface area contributed by atoms with Crippen molar-refractivity contribution in [2.75, 3.05) is 20.0 Å². The molecule has 196 valence electrons. The molecular weight excluding hydrogens is 513 g/mol. The highest BCUT2D eigenvalue weighted by atomic mass is 35.5. The Morgan fingerprint density at radius 3 is 2.81 bits per heavy atom. The number of aliphatic imine (C=N–C) groups is 1. The lowest BCUT2D eigenvalue weighted by Crippen LogP contribution is -2.13. The van der Waals surface area contributed by atoms with Crippen LogP contribution in [0.5, 0.6) is 5.75 Å². The number of fused-ring (bicyclic) bond motifs is 2. The van der Waals surface area contributed by atoms with E-state index < -0.39 is 5.82 Å². The van der Waals surface area contributed by atoms with Gasteiger partial charge in [0.1, 0.15) is 15.8 Å². The van der Waals surface area contributed by atoms with Gasteiger partial charge in [0.25, 0.3) is 0 Å². The van der Waals surface area contributed by atoms with Gasteiger partial charge >= 0.3 is 5.97 Å². The predicted molar refractivity (Wildman–Crippen MR) is 149 cm³/mol. The number of thioether (sulfide) groups is 1. The Balaban J connectivity index is 2.08. The fourth-order valence-electron chi connectivity index (χ4n) is 4.86. The Bertz CT molecular complexity index is 1440. The number of ether oxygens (including phenoxy) is 2. The minimum atomic E-state index is -0.402. The molecule has 0 unspecified atom stereocenters. The van der Waals surface area contributed by atoms with Crippen molar-refractivity contribution in [3.63, 3.8) is 0 Å². The standard InChI is InChI=1S/C28H31ClFN3O3S/c1-7-9-23(29)32-28(37-6)22-13-20-25(18-12-21(30)26-17(15(18)2)10-8-11-36-26)19(14-24(34)35-5)16(3)31-27(20)33(22)4/h9,12-13H,7-8,10-11,14H2,1-6H3/b23-9+,32-28?. The number of aryl methyl sites for hydroxylation is 2. The molecule has 1 aliphatic heterocycles. The Hall–Kier alpha value is -2.84. The van der Waals surface area contributed by atoms with Crippen molar-refractivity contribution in [2.45, 2.75) is 46.5 Å². The average molecular weight is 544 g/mol. The van der Waals surface area contributed by atoms with Crippen molar-refractivity contribution in [3.8, 4) is 16.9 Å². The minimum absolute atomic E-state index is 0.0218. The van der Waals surface area contributed by atoms with Gasteiger partial charge in [0.15, 0.2) is 11.6 Å². The van der Waals surface area contributed by atoms with Gasteiger partial charge in [-0.1, -0.05) is 18.5 Å². The first-order valence-electron chi connectivity index (χ1n) is 12.2. The first-order valence-corrected chi connectivity index (χ1v) is 13.8. The van der Waals surface area contributed by atoms with Crippen LogP contribution in [0.3, 0.4) is 0 Å². The highest BCUT2D eigenvalue weighted by Gasteiger charge is 2.27. The Morgan fingerprint density at radius 1 is 1.38 bits per heavy atom. The SMILES string of the molecule is CC/C=C(\Cl)N=C(SC)c1cc2c(-c3cc(F)c4c(c3C)CCCO4)c(CC(=O)OC)c(C)nc2n1C. The molecule has 0 N–H and O–H groups in total. The van der Waals surface area contributed by atoms with Crippen LogP contribution in [0.2, 0.25) is 0 Å². The van der Waals surface area contributed by atoms with Crippen LogP contribution in [-0.4, -0.2) is 40.5 Å². The third-order valence-electron chi connectivity index (χ3n) is 6.73. The van der Waals surface area contributed by atoms with Gasteiger partial charge in [-0.15, -0.1) is 11.8 Å². The van der Waals surface area contributed by atoms with Gasteiger partial charge in [-0.2, -0.15) is 0 Å². The van der Waals surface area contributed by atoms with Crippen LogP contribution in [0.4, 0.5) is 4.39 Å². The summed E-state index contributed by atoms with van der Waals surface area (Å²) in [7, 11) is 3.28. The number of carbonyl (C=O) groups is 1. The van der Waals surface area contributed by atoms with Crippen LogP contribution < -0.4 is 4.74 Å². The average Bonchev–Trinajstić information content (AvgIpc) is 3.20. The summed E-state index contributed by atoms with van der Waals surface area (Å²) in [5.41, 5.74) is 6.23. The molecule has 3 heterocycles. The molecule has 0 bridgehead atoms. The Morgan fingerprint density at radius 2 is 2.14 bits per heavy atom. The molecular formula is C28H31ClFN3O3S. The van der Waals surface area contributed by atoms with E-state index >= 15 is 4.39 Å². The number of pyridine rings is 1. The smallest absolute Gasteiger partial charge is 0.310 e. The molecule has 9 heteroatoms. The van der Waals surface area contributed by atoms with Gasteiger partial charge in [0.2, 0.25) is 0 Å². The molecule has 0 saturated carbocycles. The van der Waals surface area contributed by atoms with Crippen molar-refractivity contribution < 1.29 is 18.7 Å². The number of nitrogens with zero attached hydrogens (tertiary/aromatic N) is 3. The maximum absolute atomic E-state index is 15.4. The summed E-state index contributed by atoms with van der Waals surface area (Å²) in [5, 5.41) is 1.95. The van der Waals surface area contributed by atoms with E-state index in [4.69, 9.17) is 26.1 Å². The number of esters is 1. The number of benzene rings is 1. The number of rotatable bonds is 6. The lowest BCUT2D eigenvalue weighted by Gasteiger charge is -2.23. The Labute approximate surface area is 225 Å². The molecule has 1 aromatic carbocycles. The molecule has 0 spiro atoms. The number of methoxy groups -OCH3 is 1. The van der Waals surface area contributed by atoms with Gasteiger partial charge < -0.3 is 14.0 Å². The fraction of sp³-hybridized carbons (Fsp3) is 0.393. The highest BCUT2D eigenvalue weighted by Crippen LogP contribution is 2.42. The maximum atomic E-state index is 15.4. The van der Waals surface area contributed by atoms with E-state index in [0.717, 1.165) is 57.6 Å². The molecule has 0 fully saturated rings. The molecule has 0 saturated heterocycles. The van der Waals surface area contributed by atoms with E-state index in [0.29, 0.717) is 34.4 Å². The van der Waals surface area contributed by atoms with Crippen molar-refractivity contribution in [3.05, 3.63) is 57.3 Å². The van der Waals surface area contributed by atoms with Gasteiger partial charge in [-0.05, 0) is 79.8 Å². The van der Waals surface area contributed by atoms with Crippen LogP contribution in [-0.2, 0) is 29.4 Å². The lowest BCUT2D eigenvalue weighted by molar-refractivity contribution is -0.139. The number of hydrogen-bond acceptors (Lipinski definition) is 6.